The number of methoxy groups -OCH3 is 1. The fraction of sp³-hybridized carbons (Fsp3) is 0.231. The van der Waals surface area contributed by atoms with Crippen molar-refractivity contribution in [2.45, 2.75) is 6.54 Å². The van der Waals surface area contributed by atoms with E-state index in [0.717, 1.165) is 5.82 Å². The summed E-state index contributed by atoms with van der Waals surface area (Å²) in [6.07, 6.45) is 3.37. The SMILES string of the molecule is COc1ccc(C(=O)N(C)Cc2ncc[nH]2)cc1N. The predicted molar refractivity (Wildman–Crippen MR) is 71.8 cm³/mol. The summed E-state index contributed by atoms with van der Waals surface area (Å²) in [5.41, 5.74) is 6.76. The number of nitrogens with zero attached hydrogens (tertiary/aromatic N) is 2. The minimum Gasteiger partial charge on any atom is -0.495 e. The van der Waals surface area contributed by atoms with Crippen molar-refractivity contribution >= 4 is 11.6 Å². The van der Waals surface area contributed by atoms with Crippen LogP contribution in [0.3, 0.4) is 0 Å². The van der Waals surface area contributed by atoms with Crippen LogP contribution in [0, 0.1) is 0 Å². The minimum atomic E-state index is -0.120. The first-order chi connectivity index (χ1) is 9.11. The molecule has 2 aromatic rings. The molecule has 1 aromatic carbocycles. The second-order valence-electron chi connectivity index (χ2n) is 4.15. The van der Waals surface area contributed by atoms with Crippen molar-refractivity contribution in [3.05, 3.63) is 42.0 Å². The van der Waals surface area contributed by atoms with Crippen molar-refractivity contribution in [1.29, 1.82) is 0 Å². The molecule has 0 aliphatic carbocycles. The molecule has 1 heterocycles. The van der Waals surface area contributed by atoms with Gasteiger partial charge in [0.2, 0.25) is 0 Å². The van der Waals surface area contributed by atoms with Gasteiger partial charge in [-0.3, -0.25) is 4.79 Å². The molecule has 1 amide bonds. The number of imidazole rings is 1. The van der Waals surface area contributed by atoms with Gasteiger partial charge in [0.1, 0.15) is 11.6 Å². The number of aromatic amines is 1. The smallest absolute Gasteiger partial charge is 0.254 e. The van der Waals surface area contributed by atoms with E-state index in [-0.39, 0.29) is 5.91 Å². The Bertz CT molecular complexity index is 566. The fourth-order valence-electron chi connectivity index (χ4n) is 1.77. The maximum absolute atomic E-state index is 12.2. The summed E-state index contributed by atoms with van der Waals surface area (Å²) in [6.45, 7) is 0.414. The van der Waals surface area contributed by atoms with E-state index >= 15 is 0 Å². The lowest BCUT2D eigenvalue weighted by Crippen LogP contribution is -2.26. The third-order valence-corrected chi connectivity index (χ3v) is 2.77. The number of nitrogen functional groups attached to an aromatic ring is 1. The van der Waals surface area contributed by atoms with Crippen LogP contribution in [0.4, 0.5) is 5.69 Å². The Morgan fingerprint density at radius 2 is 2.32 bits per heavy atom. The van der Waals surface area contributed by atoms with E-state index in [1.165, 1.54) is 7.11 Å². The predicted octanol–water partition coefficient (Wildman–Crippen LogP) is 1.27. The number of hydrogen-bond acceptors (Lipinski definition) is 4. The van der Waals surface area contributed by atoms with Crippen molar-refractivity contribution in [3.8, 4) is 5.75 Å². The van der Waals surface area contributed by atoms with Crippen molar-refractivity contribution in [3.63, 3.8) is 0 Å². The van der Waals surface area contributed by atoms with Crippen LogP contribution in [0.25, 0.3) is 0 Å². The van der Waals surface area contributed by atoms with Gasteiger partial charge < -0.3 is 20.4 Å². The van der Waals surface area contributed by atoms with E-state index in [4.69, 9.17) is 10.5 Å². The molecule has 6 heteroatoms. The summed E-state index contributed by atoms with van der Waals surface area (Å²) < 4.78 is 5.06. The van der Waals surface area contributed by atoms with Gasteiger partial charge in [0, 0.05) is 25.0 Å². The number of rotatable bonds is 4. The molecule has 3 N–H and O–H groups in total. The summed E-state index contributed by atoms with van der Waals surface area (Å²) in [4.78, 5) is 20.8. The molecule has 2 rings (SSSR count). The van der Waals surface area contributed by atoms with Crippen LogP contribution in [0.2, 0.25) is 0 Å². The number of hydrogen-bond donors (Lipinski definition) is 2. The Morgan fingerprint density at radius 1 is 1.53 bits per heavy atom. The quantitative estimate of drug-likeness (QED) is 0.811. The van der Waals surface area contributed by atoms with Crippen molar-refractivity contribution in [2.24, 2.45) is 0 Å². The first-order valence-electron chi connectivity index (χ1n) is 5.79. The van der Waals surface area contributed by atoms with Crippen LogP contribution in [0.1, 0.15) is 16.2 Å². The van der Waals surface area contributed by atoms with E-state index in [2.05, 4.69) is 9.97 Å². The molecule has 0 saturated heterocycles. The van der Waals surface area contributed by atoms with Crippen LogP contribution < -0.4 is 10.5 Å². The van der Waals surface area contributed by atoms with Crippen molar-refractivity contribution < 1.29 is 9.53 Å². The maximum atomic E-state index is 12.2. The number of carbonyl (C=O) groups is 1. The minimum absolute atomic E-state index is 0.120. The number of nitrogens with one attached hydrogen (secondary N) is 1. The van der Waals surface area contributed by atoms with Crippen molar-refractivity contribution in [1.82, 2.24) is 14.9 Å². The molecule has 19 heavy (non-hydrogen) atoms. The standard InChI is InChI=1S/C13H16N4O2/c1-17(8-12-15-5-6-16-12)13(18)9-3-4-11(19-2)10(14)7-9/h3-7H,8,14H2,1-2H3,(H,15,16). The largest absolute Gasteiger partial charge is 0.495 e. The van der Waals surface area contributed by atoms with Gasteiger partial charge in [-0.25, -0.2) is 4.98 Å². The highest BCUT2D eigenvalue weighted by Gasteiger charge is 2.14. The average Bonchev–Trinajstić information content (AvgIpc) is 2.90. The van der Waals surface area contributed by atoms with E-state index in [1.807, 2.05) is 0 Å². The number of carbonyl (C=O) groups excluding carboxylic acids is 1. The topological polar surface area (TPSA) is 84.2 Å². The summed E-state index contributed by atoms with van der Waals surface area (Å²) in [5, 5.41) is 0. The summed E-state index contributed by atoms with van der Waals surface area (Å²) in [7, 11) is 3.25. The monoisotopic (exact) mass is 260 g/mol. The number of H-pyrrole nitrogens is 1. The normalized spacial score (nSPS) is 10.2. The molecule has 0 spiro atoms. The molecule has 0 aliphatic heterocycles. The first kappa shape index (κ1) is 12.9. The zero-order chi connectivity index (χ0) is 13.8. The third kappa shape index (κ3) is 2.85. The molecule has 0 saturated carbocycles. The summed E-state index contributed by atoms with van der Waals surface area (Å²) >= 11 is 0. The molecule has 0 fully saturated rings. The second-order valence-corrected chi connectivity index (χ2v) is 4.15. The van der Waals surface area contributed by atoms with Gasteiger partial charge in [-0.05, 0) is 18.2 Å². The van der Waals surface area contributed by atoms with Crippen LogP contribution in [-0.2, 0) is 6.54 Å². The maximum Gasteiger partial charge on any atom is 0.254 e. The Morgan fingerprint density at radius 3 is 2.89 bits per heavy atom. The Hall–Kier alpha value is -2.50. The highest BCUT2D eigenvalue weighted by Crippen LogP contribution is 2.22. The average molecular weight is 260 g/mol. The van der Waals surface area contributed by atoms with E-state index in [9.17, 15) is 4.79 Å². The van der Waals surface area contributed by atoms with Crippen LogP contribution >= 0.6 is 0 Å². The van der Waals surface area contributed by atoms with Gasteiger partial charge in [-0.15, -0.1) is 0 Å². The van der Waals surface area contributed by atoms with E-state index in [1.54, 1.807) is 42.5 Å². The molecular formula is C13H16N4O2. The lowest BCUT2D eigenvalue weighted by Gasteiger charge is -2.16. The lowest BCUT2D eigenvalue weighted by atomic mass is 10.1. The molecule has 0 atom stereocenters. The lowest BCUT2D eigenvalue weighted by molar-refractivity contribution is 0.0782. The summed E-state index contributed by atoms with van der Waals surface area (Å²) in [6, 6.07) is 4.99. The molecular weight excluding hydrogens is 244 g/mol. The van der Waals surface area contributed by atoms with Crippen LogP contribution in [0.15, 0.2) is 30.6 Å². The second kappa shape index (κ2) is 5.43. The molecule has 0 bridgehead atoms. The molecule has 0 radical (unpaired) electrons. The molecule has 0 unspecified atom stereocenters. The number of benzene rings is 1. The number of nitrogens with two attached hydrogens (primary N) is 1. The van der Waals surface area contributed by atoms with Gasteiger partial charge in [-0.1, -0.05) is 0 Å². The molecule has 100 valence electrons. The number of anilines is 1. The third-order valence-electron chi connectivity index (χ3n) is 2.77. The molecule has 1 aromatic heterocycles. The summed E-state index contributed by atoms with van der Waals surface area (Å²) in [5.74, 6) is 1.17. The van der Waals surface area contributed by atoms with Crippen LogP contribution in [-0.4, -0.2) is 34.9 Å². The highest BCUT2D eigenvalue weighted by molar-refractivity contribution is 5.95. The van der Waals surface area contributed by atoms with E-state index < -0.39 is 0 Å². The van der Waals surface area contributed by atoms with Gasteiger partial charge in [0.05, 0.1) is 19.3 Å². The molecule has 6 nitrogen and oxygen atoms in total. The number of ether oxygens (including phenoxy) is 1. The Balaban J connectivity index is 2.12. The zero-order valence-electron chi connectivity index (χ0n) is 10.9. The van der Waals surface area contributed by atoms with Gasteiger partial charge >= 0.3 is 0 Å². The van der Waals surface area contributed by atoms with Gasteiger partial charge in [-0.2, -0.15) is 0 Å². The highest BCUT2D eigenvalue weighted by atomic mass is 16.5. The Kier molecular flexibility index (Phi) is 3.70. The number of amides is 1. The van der Waals surface area contributed by atoms with E-state index in [0.29, 0.717) is 23.5 Å². The van der Waals surface area contributed by atoms with Gasteiger partial charge in [0.25, 0.3) is 5.91 Å². The number of aromatic nitrogens is 2. The Labute approximate surface area is 111 Å². The zero-order valence-corrected chi connectivity index (χ0v) is 10.9. The molecule has 0 aliphatic rings. The van der Waals surface area contributed by atoms with Crippen molar-refractivity contribution in [2.75, 3.05) is 19.9 Å². The fourth-order valence-corrected chi connectivity index (χ4v) is 1.77. The first-order valence-corrected chi connectivity index (χ1v) is 5.79. The van der Waals surface area contributed by atoms with Crippen LogP contribution in [0.5, 0.6) is 5.75 Å². The van der Waals surface area contributed by atoms with Gasteiger partial charge in [0.15, 0.2) is 0 Å².